The Balaban J connectivity index is 5.07. The van der Waals surface area contributed by atoms with Crippen LogP contribution in [-0.2, 0) is 22.6 Å². The molecule has 0 aromatic rings. The minimum Gasteiger partial charge on any atom is -0.272 e. The van der Waals surface area contributed by atoms with Crippen LogP contribution >= 0.6 is 0 Å². The smallest absolute Gasteiger partial charge is 0.272 e. The molecule has 7 nitrogen and oxygen atoms in total. The maximum Gasteiger partial charge on any atom is 0.415 e. The van der Waals surface area contributed by atoms with Crippen molar-refractivity contribution in [3.8, 4) is 0 Å². The average molecular weight is 177 g/mol. The van der Waals surface area contributed by atoms with E-state index in [1.165, 1.54) is 0 Å². The van der Waals surface area contributed by atoms with Crippen LogP contribution in [0.15, 0.2) is 0 Å². The van der Waals surface area contributed by atoms with Crippen LogP contribution in [0.5, 0.6) is 0 Å². The van der Waals surface area contributed by atoms with Gasteiger partial charge in [-0.15, -0.1) is 0 Å². The Labute approximate surface area is 50.6 Å². The standard InChI is InChI=1S/H3NO6S2/c1-7-9(5,6)8(2,3)4/h1H2,(H,2,3,4). The zero-order valence-corrected chi connectivity index (χ0v) is 5.52. The lowest BCUT2D eigenvalue weighted by Gasteiger charge is -1.91. The summed E-state index contributed by atoms with van der Waals surface area (Å²) >= 11 is 0. The summed E-state index contributed by atoms with van der Waals surface area (Å²) in [6, 6.07) is 0. The van der Waals surface area contributed by atoms with E-state index in [1.807, 2.05) is 0 Å². The Hall–Kier alpha value is -0.220. The van der Waals surface area contributed by atoms with Crippen molar-refractivity contribution in [2.75, 3.05) is 0 Å². The summed E-state index contributed by atoms with van der Waals surface area (Å²) in [6.45, 7) is 0. The summed E-state index contributed by atoms with van der Waals surface area (Å²) in [6.07, 6.45) is 0. The van der Waals surface area contributed by atoms with Crippen LogP contribution in [0.3, 0.4) is 0 Å². The molecule has 0 fully saturated rings. The summed E-state index contributed by atoms with van der Waals surface area (Å²) in [5, 5.41) is 0. The molecule has 56 valence electrons. The third kappa shape index (κ3) is 1.87. The lowest BCUT2D eigenvalue weighted by atomic mass is 13.6. The van der Waals surface area contributed by atoms with Crippen LogP contribution in [0.25, 0.3) is 0 Å². The molecule has 0 saturated heterocycles. The fourth-order valence-electron chi connectivity index (χ4n) is 0.0496. The van der Waals surface area contributed by atoms with E-state index in [2.05, 4.69) is 10.2 Å². The van der Waals surface area contributed by atoms with Gasteiger partial charge in [-0.25, -0.2) is 0 Å². The Morgan fingerprint density at radius 2 is 1.56 bits per heavy atom. The van der Waals surface area contributed by atoms with E-state index >= 15 is 0 Å². The monoisotopic (exact) mass is 177 g/mol. The highest BCUT2D eigenvalue weighted by atomic mass is 33.2. The topological polar surface area (TPSA) is 124 Å². The van der Waals surface area contributed by atoms with Crippen molar-refractivity contribution in [3.63, 3.8) is 0 Å². The van der Waals surface area contributed by atoms with Crippen molar-refractivity contribution in [2.45, 2.75) is 0 Å². The fourth-order valence-corrected chi connectivity index (χ4v) is 0.447. The van der Waals surface area contributed by atoms with Crippen LogP contribution < -0.4 is 5.90 Å². The maximum absolute atomic E-state index is 9.84. The van der Waals surface area contributed by atoms with Crippen molar-refractivity contribution >= 4 is 18.3 Å². The average Bonchev–Trinajstić information content (AvgIpc) is 1.64. The van der Waals surface area contributed by atoms with Crippen LogP contribution in [0.2, 0.25) is 0 Å². The summed E-state index contributed by atoms with van der Waals surface area (Å²) in [7, 11) is -10.3. The molecule has 0 atom stereocenters. The Morgan fingerprint density at radius 1 is 1.22 bits per heavy atom. The first-order chi connectivity index (χ1) is 3.81. The first-order valence-corrected chi connectivity index (χ1v) is 4.78. The van der Waals surface area contributed by atoms with Crippen molar-refractivity contribution in [2.24, 2.45) is 5.90 Å². The van der Waals surface area contributed by atoms with E-state index in [-0.39, 0.29) is 0 Å². The van der Waals surface area contributed by atoms with E-state index < -0.39 is 18.3 Å². The summed E-state index contributed by atoms with van der Waals surface area (Å²) in [5.41, 5.74) is 0. The van der Waals surface area contributed by atoms with Gasteiger partial charge < -0.3 is 0 Å². The molecule has 0 aliphatic rings. The van der Waals surface area contributed by atoms with Gasteiger partial charge in [0.1, 0.15) is 0 Å². The Bertz CT molecular complexity index is 266. The van der Waals surface area contributed by atoms with Gasteiger partial charge in [0.15, 0.2) is 0 Å². The summed E-state index contributed by atoms with van der Waals surface area (Å²) in [5.74, 6) is 3.97. The van der Waals surface area contributed by atoms with Crippen LogP contribution in [-0.4, -0.2) is 21.4 Å². The molecule has 3 N–H and O–H groups in total. The molecule has 0 amide bonds. The van der Waals surface area contributed by atoms with Crippen LogP contribution in [0.1, 0.15) is 0 Å². The number of nitrogens with two attached hydrogens (primary N) is 1. The van der Waals surface area contributed by atoms with Gasteiger partial charge in [0.25, 0.3) is 0 Å². The number of rotatable bonds is 2. The number of hydrogen-bond acceptors (Lipinski definition) is 6. The molecule has 0 heterocycles. The maximum atomic E-state index is 9.84. The molecule has 0 aromatic carbocycles. The fraction of sp³-hybridized carbons (Fsp3) is 0. The molecular formula is H3NO6S2. The van der Waals surface area contributed by atoms with Gasteiger partial charge in [0.2, 0.25) is 0 Å². The zero-order chi connectivity index (χ0) is 7.71. The van der Waals surface area contributed by atoms with E-state index in [9.17, 15) is 16.8 Å². The molecule has 0 spiro atoms. The first-order valence-electron chi connectivity index (χ1n) is 1.42. The molecule has 0 aliphatic carbocycles. The second kappa shape index (κ2) is 2.19. The highest BCUT2D eigenvalue weighted by Gasteiger charge is 2.27. The molecule has 0 bridgehead atoms. The van der Waals surface area contributed by atoms with Gasteiger partial charge in [-0.2, -0.15) is 27.0 Å². The molecule has 9 heavy (non-hydrogen) atoms. The molecule has 0 aliphatic heterocycles. The third-order valence-electron chi connectivity index (χ3n) is 0.376. The van der Waals surface area contributed by atoms with Crippen molar-refractivity contribution in [1.82, 2.24) is 0 Å². The second-order valence-electron chi connectivity index (χ2n) is 0.932. The van der Waals surface area contributed by atoms with Gasteiger partial charge in [-0.05, 0) is 0 Å². The molecule has 0 rings (SSSR count). The largest absolute Gasteiger partial charge is 0.415 e. The molecule has 9 heteroatoms. The minimum absolute atomic E-state index is 2.94. The summed E-state index contributed by atoms with van der Waals surface area (Å²) < 4.78 is 49.6. The first kappa shape index (κ1) is 8.78. The molecule has 0 unspecified atom stereocenters. The van der Waals surface area contributed by atoms with E-state index in [1.54, 1.807) is 0 Å². The second-order valence-corrected chi connectivity index (χ2v) is 5.29. The molecule has 0 aromatic heterocycles. The quantitative estimate of drug-likeness (QED) is 0.284. The summed E-state index contributed by atoms with van der Waals surface area (Å²) in [4.78, 5) is 0. The normalized spacial score (nSPS) is 13.6. The van der Waals surface area contributed by atoms with Crippen molar-refractivity contribution in [3.05, 3.63) is 0 Å². The SMILES string of the molecule is NOS(=O)(=O)S(=O)(=O)O. The van der Waals surface area contributed by atoms with Crippen molar-refractivity contribution in [1.29, 1.82) is 0 Å². The van der Waals surface area contributed by atoms with E-state index in [0.717, 1.165) is 0 Å². The van der Waals surface area contributed by atoms with Crippen LogP contribution in [0.4, 0.5) is 0 Å². The van der Waals surface area contributed by atoms with Gasteiger partial charge in [-0.3, -0.25) is 4.55 Å². The third-order valence-corrected chi connectivity index (χ3v) is 2.91. The van der Waals surface area contributed by atoms with Gasteiger partial charge >= 0.3 is 18.3 Å². The Kier molecular flexibility index (Phi) is 2.14. The van der Waals surface area contributed by atoms with Gasteiger partial charge in [-0.1, -0.05) is 0 Å². The molecular weight excluding hydrogens is 174 g/mol. The lowest BCUT2D eigenvalue weighted by Crippen LogP contribution is -2.20. The van der Waals surface area contributed by atoms with Crippen molar-refractivity contribution < 1.29 is 25.7 Å². The molecule has 0 saturated carbocycles. The highest BCUT2D eigenvalue weighted by Crippen LogP contribution is 1.96. The lowest BCUT2D eigenvalue weighted by molar-refractivity contribution is 0.338. The van der Waals surface area contributed by atoms with Crippen LogP contribution in [0, 0.1) is 0 Å². The predicted molar refractivity (Wildman–Crippen MR) is 25.7 cm³/mol. The van der Waals surface area contributed by atoms with E-state index in [0.29, 0.717) is 0 Å². The van der Waals surface area contributed by atoms with Gasteiger partial charge in [0, 0.05) is 0 Å². The minimum atomic E-state index is -5.23. The predicted octanol–water partition coefficient (Wildman–Crippen LogP) is -1.99. The Morgan fingerprint density at radius 3 is 1.56 bits per heavy atom. The zero-order valence-electron chi connectivity index (χ0n) is 3.88. The van der Waals surface area contributed by atoms with Gasteiger partial charge in [0.05, 0.1) is 0 Å². The highest BCUT2D eigenvalue weighted by molar-refractivity contribution is 8.63. The number of hydrogen-bond donors (Lipinski definition) is 2. The molecule has 0 radical (unpaired) electrons. The van der Waals surface area contributed by atoms with E-state index in [4.69, 9.17) is 4.55 Å².